The Bertz CT molecular complexity index is 383. The molecule has 0 saturated heterocycles. The SMILES string of the molecule is CC(C)C1CCC(CN)(OCCc2ccncc2)CC1. The highest BCUT2D eigenvalue weighted by atomic mass is 16.5. The van der Waals surface area contributed by atoms with Crippen molar-refractivity contribution in [3.63, 3.8) is 0 Å². The lowest BCUT2D eigenvalue weighted by atomic mass is 9.74. The molecule has 3 nitrogen and oxygen atoms in total. The molecule has 2 rings (SSSR count). The van der Waals surface area contributed by atoms with Crippen molar-refractivity contribution in [2.45, 2.75) is 51.6 Å². The number of nitrogens with zero attached hydrogens (tertiary/aromatic N) is 1. The van der Waals surface area contributed by atoms with Crippen molar-refractivity contribution in [3.05, 3.63) is 30.1 Å². The molecular formula is C17H28N2O. The molecule has 20 heavy (non-hydrogen) atoms. The van der Waals surface area contributed by atoms with Gasteiger partial charge in [0.25, 0.3) is 0 Å². The van der Waals surface area contributed by atoms with Crippen molar-refractivity contribution in [2.24, 2.45) is 17.6 Å². The second-order valence-electron chi connectivity index (χ2n) is 6.42. The van der Waals surface area contributed by atoms with Gasteiger partial charge in [-0.25, -0.2) is 0 Å². The topological polar surface area (TPSA) is 48.1 Å². The van der Waals surface area contributed by atoms with Crippen molar-refractivity contribution in [2.75, 3.05) is 13.2 Å². The Morgan fingerprint density at radius 3 is 2.50 bits per heavy atom. The van der Waals surface area contributed by atoms with Crippen LogP contribution < -0.4 is 5.73 Å². The highest BCUT2D eigenvalue weighted by molar-refractivity contribution is 5.09. The molecule has 0 radical (unpaired) electrons. The van der Waals surface area contributed by atoms with E-state index in [0.717, 1.165) is 37.7 Å². The Balaban J connectivity index is 1.81. The van der Waals surface area contributed by atoms with Crippen LogP contribution in [0.4, 0.5) is 0 Å². The molecule has 0 atom stereocenters. The van der Waals surface area contributed by atoms with Crippen molar-refractivity contribution in [3.8, 4) is 0 Å². The number of rotatable bonds is 6. The van der Waals surface area contributed by atoms with E-state index in [1.807, 2.05) is 24.5 Å². The number of hydrogen-bond acceptors (Lipinski definition) is 3. The lowest BCUT2D eigenvalue weighted by Crippen LogP contribution is -2.45. The third kappa shape index (κ3) is 4.03. The second kappa shape index (κ2) is 7.19. The molecule has 112 valence electrons. The first-order chi connectivity index (χ1) is 9.65. The van der Waals surface area contributed by atoms with E-state index in [1.165, 1.54) is 18.4 Å². The van der Waals surface area contributed by atoms with Crippen molar-refractivity contribution >= 4 is 0 Å². The molecule has 1 saturated carbocycles. The average Bonchev–Trinajstić information content (AvgIpc) is 2.49. The third-order valence-corrected chi connectivity index (χ3v) is 4.80. The van der Waals surface area contributed by atoms with E-state index in [9.17, 15) is 0 Å². The summed E-state index contributed by atoms with van der Waals surface area (Å²) in [5, 5.41) is 0. The number of aromatic nitrogens is 1. The molecule has 1 aliphatic rings. The van der Waals surface area contributed by atoms with Crippen LogP contribution in [0.25, 0.3) is 0 Å². The van der Waals surface area contributed by atoms with Gasteiger partial charge in [0.15, 0.2) is 0 Å². The molecule has 0 bridgehead atoms. The Morgan fingerprint density at radius 1 is 1.30 bits per heavy atom. The smallest absolute Gasteiger partial charge is 0.0804 e. The largest absolute Gasteiger partial charge is 0.373 e. The van der Waals surface area contributed by atoms with Gasteiger partial charge in [-0.15, -0.1) is 0 Å². The number of ether oxygens (including phenoxy) is 1. The fourth-order valence-corrected chi connectivity index (χ4v) is 3.18. The lowest BCUT2D eigenvalue weighted by molar-refractivity contribution is -0.0733. The zero-order valence-corrected chi connectivity index (χ0v) is 12.8. The van der Waals surface area contributed by atoms with Crippen LogP contribution >= 0.6 is 0 Å². The fraction of sp³-hybridized carbons (Fsp3) is 0.706. The summed E-state index contributed by atoms with van der Waals surface area (Å²) in [5.41, 5.74) is 7.21. The van der Waals surface area contributed by atoms with E-state index < -0.39 is 0 Å². The van der Waals surface area contributed by atoms with Crippen LogP contribution in [-0.4, -0.2) is 23.7 Å². The minimum atomic E-state index is -0.0710. The summed E-state index contributed by atoms with van der Waals surface area (Å²) in [6.45, 7) is 6.05. The quantitative estimate of drug-likeness (QED) is 0.868. The van der Waals surface area contributed by atoms with E-state index in [4.69, 9.17) is 10.5 Å². The molecule has 3 heteroatoms. The van der Waals surface area contributed by atoms with Gasteiger partial charge in [-0.1, -0.05) is 13.8 Å². The molecule has 0 spiro atoms. The minimum absolute atomic E-state index is 0.0710. The highest BCUT2D eigenvalue weighted by Crippen LogP contribution is 2.37. The van der Waals surface area contributed by atoms with Gasteiger partial charge in [0, 0.05) is 18.9 Å². The Hall–Kier alpha value is -0.930. The zero-order chi connectivity index (χ0) is 14.4. The van der Waals surface area contributed by atoms with Crippen LogP contribution in [0.3, 0.4) is 0 Å². The van der Waals surface area contributed by atoms with Gasteiger partial charge in [-0.2, -0.15) is 0 Å². The maximum atomic E-state index is 6.21. The summed E-state index contributed by atoms with van der Waals surface area (Å²) in [6.07, 6.45) is 9.35. The van der Waals surface area contributed by atoms with Gasteiger partial charge in [-0.3, -0.25) is 4.98 Å². The average molecular weight is 276 g/mol. The lowest BCUT2D eigenvalue weighted by Gasteiger charge is -2.40. The first kappa shape index (κ1) is 15.5. The fourth-order valence-electron chi connectivity index (χ4n) is 3.18. The number of hydrogen-bond donors (Lipinski definition) is 1. The molecule has 2 N–H and O–H groups in total. The van der Waals surface area contributed by atoms with Gasteiger partial charge in [0.05, 0.1) is 12.2 Å². The predicted octanol–water partition coefficient (Wildman–Crippen LogP) is 3.18. The molecule has 1 fully saturated rings. The molecule has 0 amide bonds. The van der Waals surface area contributed by atoms with Crippen LogP contribution in [0, 0.1) is 11.8 Å². The summed E-state index contributed by atoms with van der Waals surface area (Å²) in [7, 11) is 0. The highest BCUT2D eigenvalue weighted by Gasteiger charge is 2.35. The Labute approximate surface area is 122 Å². The molecule has 1 heterocycles. The van der Waals surface area contributed by atoms with E-state index >= 15 is 0 Å². The van der Waals surface area contributed by atoms with Crippen LogP contribution in [0.1, 0.15) is 45.1 Å². The van der Waals surface area contributed by atoms with Crippen molar-refractivity contribution in [1.82, 2.24) is 4.98 Å². The normalized spacial score (nSPS) is 26.9. The molecule has 0 unspecified atom stereocenters. The Kier molecular flexibility index (Phi) is 5.55. The van der Waals surface area contributed by atoms with Crippen LogP contribution in [-0.2, 0) is 11.2 Å². The molecular weight excluding hydrogens is 248 g/mol. The summed E-state index contributed by atoms with van der Waals surface area (Å²) >= 11 is 0. The van der Waals surface area contributed by atoms with Crippen molar-refractivity contribution in [1.29, 1.82) is 0 Å². The van der Waals surface area contributed by atoms with Crippen LogP contribution in [0.15, 0.2) is 24.5 Å². The summed E-state index contributed by atoms with van der Waals surface area (Å²) in [6, 6.07) is 4.10. The molecule has 1 aromatic heterocycles. The summed E-state index contributed by atoms with van der Waals surface area (Å²) in [4.78, 5) is 4.04. The molecule has 1 aliphatic carbocycles. The Morgan fingerprint density at radius 2 is 1.95 bits per heavy atom. The van der Waals surface area contributed by atoms with E-state index in [0.29, 0.717) is 6.54 Å². The first-order valence-electron chi connectivity index (χ1n) is 7.88. The first-order valence-corrected chi connectivity index (χ1v) is 7.88. The molecule has 1 aromatic rings. The number of nitrogens with two attached hydrogens (primary N) is 1. The summed E-state index contributed by atoms with van der Waals surface area (Å²) < 4.78 is 6.21. The monoisotopic (exact) mass is 276 g/mol. The van der Waals surface area contributed by atoms with Gasteiger partial charge in [0.2, 0.25) is 0 Å². The third-order valence-electron chi connectivity index (χ3n) is 4.80. The van der Waals surface area contributed by atoms with Gasteiger partial charge in [-0.05, 0) is 61.6 Å². The maximum Gasteiger partial charge on any atom is 0.0804 e. The van der Waals surface area contributed by atoms with Gasteiger partial charge >= 0.3 is 0 Å². The van der Waals surface area contributed by atoms with Crippen LogP contribution in [0.2, 0.25) is 0 Å². The standard InChI is InChI=1S/C17H28N2O/c1-14(2)16-3-8-17(13-18,9-4-16)20-12-7-15-5-10-19-11-6-15/h5-6,10-11,14,16H,3-4,7-9,12-13,18H2,1-2H3. The molecule has 0 aliphatic heterocycles. The zero-order valence-electron chi connectivity index (χ0n) is 12.8. The van der Waals surface area contributed by atoms with E-state index in [1.54, 1.807) is 0 Å². The van der Waals surface area contributed by atoms with E-state index in [2.05, 4.69) is 18.8 Å². The molecule has 0 aromatic carbocycles. The van der Waals surface area contributed by atoms with Crippen LogP contribution in [0.5, 0.6) is 0 Å². The van der Waals surface area contributed by atoms with Gasteiger partial charge < -0.3 is 10.5 Å². The van der Waals surface area contributed by atoms with E-state index in [-0.39, 0.29) is 5.60 Å². The maximum absolute atomic E-state index is 6.21. The van der Waals surface area contributed by atoms with Gasteiger partial charge in [0.1, 0.15) is 0 Å². The predicted molar refractivity (Wildman–Crippen MR) is 82.5 cm³/mol. The summed E-state index contributed by atoms with van der Waals surface area (Å²) in [5.74, 6) is 1.63. The van der Waals surface area contributed by atoms with Crippen molar-refractivity contribution < 1.29 is 4.74 Å². The second-order valence-corrected chi connectivity index (χ2v) is 6.42. The minimum Gasteiger partial charge on any atom is -0.373 e. The number of pyridine rings is 1.